The van der Waals surface area contributed by atoms with E-state index >= 15 is 0 Å². The topological polar surface area (TPSA) is 56.1 Å². The standard InChI is InChI=1S/C13H16ClN3O2S/c1-4-19-13(18)12-8(2)5-11(20-12)16-7-10-15-6-9(14)17(10)3/h5-6,16H,4,7H2,1-3H3. The maximum atomic E-state index is 11.7. The van der Waals surface area contributed by atoms with Gasteiger partial charge in [-0.3, -0.25) is 0 Å². The highest BCUT2D eigenvalue weighted by atomic mass is 35.5. The third kappa shape index (κ3) is 3.13. The van der Waals surface area contributed by atoms with Crippen LogP contribution in [0.4, 0.5) is 5.00 Å². The van der Waals surface area contributed by atoms with E-state index in [0.29, 0.717) is 23.2 Å². The molecular weight excluding hydrogens is 298 g/mol. The minimum Gasteiger partial charge on any atom is -0.462 e. The van der Waals surface area contributed by atoms with Gasteiger partial charge in [0.2, 0.25) is 0 Å². The van der Waals surface area contributed by atoms with Crippen LogP contribution in [-0.4, -0.2) is 22.1 Å². The van der Waals surface area contributed by atoms with E-state index in [9.17, 15) is 4.79 Å². The Kier molecular flexibility index (Phi) is 4.67. The molecule has 0 atom stereocenters. The molecule has 1 N–H and O–H groups in total. The Hall–Kier alpha value is -1.53. The lowest BCUT2D eigenvalue weighted by molar-refractivity contribution is 0.0531. The van der Waals surface area contributed by atoms with Crippen molar-refractivity contribution in [2.45, 2.75) is 20.4 Å². The van der Waals surface area contributed by atoms with E-state index in [1.807, 2.05) is 20.0 Å². The van der Waals surface area contributed by atoms with Crippen molar-refractivity contribution in [1.82, 2.24) is 9.55 Å². The number of ether oxygens (including phenoxy) is 1. The van der Waals surface area contributed by atoms with E-state index in [4.69, 9.17) is 16.3 Å². The quantitative estimate of drug-likeness (QED) is 0.861. The predicted molar refractivity (Wildman–Crippen MR) is 80.6 cm³/mol. The van der Waals surface area contributed by atoms with Crippen LogP contribution in [0.3, 0.4) is 0 Å². The third-order valence-corrected chi connectivity index (χ3v) is 4.35. The Bertz CT molecular complexity index is 621. The molecule has 20 heavy (non-hydrogen) atoms. The van der Waals surface area contributed by atoms with E-state index in [1.54, 1.807) is 17.7 Å². The molecule has 0 aromatic carbocycles. The summed E-state index contributed by atoms with van der Waals surface area (Å²) in [5, 5.41) is 4.74. The average molecular weight is 314 g/mol. The smallest absolute Gasteiger partial charge is 0.348 e. The van der Waals surface area contributed by atoms with Crippen molar-refractivity contribution in [2.24, 2.45) is 7.05 Å². The highest BCUT2D eigenvalue weighted by Crippen LogP contribution is 2.27. The van der Waals surface area contributed by atoms with Gasteiger partial charge >= 0.3 is 5.97 Å². The van der Waals surface area contributed by atoms with Gasteiger partial charge in [0, 0.05) is 7.05 Å². The fourth-order valence-corrected chi connectivity index (χ4v) is 2.83. The Balaban J connectivity index is 2.05. The SMILES string of the molecule is CCOC(=O)c1sc(NCc2ncc(Cl)n2C)cc1C. The summed E-state index contributed by atoms with van der Waals surface area (Å²) in [6.45, 7) is 4.62. The van der Waals surface area contributed by atoms with Crippen LogP contribution in [0.25, 0.3) is 0 Å². The van der Waals surface area contributed by atoms with Crippen LogP contribution < -0.4 is 5.32 Å². The number of hydrogen-bond acceptors (Lipinski definition) is 5. The van der Waals surface area contributed by atoms with Crippen LogP contribution >= 0.6 is 22.9 Å². The lowest BCUT2D eigenvalue weighted by Crippen LogP contribution is -2.05. The van der Waals surface area contributed by atoms with Crippen molar-refractivity contribution in [3.8, 4) is 0 Å². The number of nitrogens with one attached hydrogen (secondary N) is 1. The Morgan fingerprint density at radius 1 is 1.60 bits per heavy atom. The van der Waals surface area contributed by atoms with Crippen LogP contribution in [0, 0.1) is 6.92 Å². The van der Waals surface area contributed by atoms with Crippen LogP contribution in [0.5, 0.6) is 0 Å². The van der Waals surface area contributed by atoms with E-state index < -0.39 is 0 Å². The monoisotopic (exact) mass is 313 g/mol. The van der Waals surface area contributed by atoms with Gasteiger partial charge in [-0.25, -0.2) is 9.78 Å². The summed E-state index contributed by atoms with van der Waals surface area (Å²) in [7, 11) is 1.86. The number of aromatic nitrogens is 2. The molecule has 2 rings (SSSR count). The van der Waals surface area contributed by atoms with Crippen LogP contribution in [0.15, 0.2) is 12.3 Å². The van der Waals surface area contributed by atoms with E-state index in [2.05, 4.69) is 10.3 Å². The molecule has 0 aliphatic rings. The van der Waals surface area contributed by atoms with E-state index in [0.717, 1.165) is 16.4 Å². The average Bonchev–Trinajstić information content (AvgIpc) is 2.93. The molecule has 7 heteroatoms. The molecule has 0 saturated heterocycles. The minimum absolute atomic E-state index is 0.275. The second-order valence-electron chi connectivity index (χ2n) is 4.25. The molecule has 2 heterocycles. The zero-order valence-corrected chi connectivity index (χ0v) is 13.1. The fourth-order valence-electron chi connectivity index (χ4n) is 1.72. The Morgan fingerprint density at radius 3 is 2.95 bits per heavy atom. The number of esters is 1. The zero-order chi connectivity index (χ0) is 14.7. The van der Waals surface area contributed by atoms with Gasteiger partial charge < -0.3 is 14.6 Å². The molecule has 0 fully saturated rings. The summed E-state index contributed by atoms with van der Waals surface area (Å²) >= 11 is 7.31. The number of thiophene rings is 1. The molecule has 0 amide bonds. The van der Waals surface area contributed by atoms with Gasteiger partial charge in [-0.15, -0.1) is 11.3 Å². The number of carbonyl (C=O) groups excluding carboxylic acids is 1. The van der Waals surface area contributed by atoms with Crippen molar-refractivity contribution in [3.63, 3.8) is 0 Å². The van der Waals surface area contributed by atoms with Gasteiger partial charge in [-0.2, -0.15) is 0 Å². The maximum Gasteiger partial charge on any atom is 0.348 e. The number of hydrogen-bond donors (Lipinski definition) is 1. The summed E-state index contributed by atoms with van der Waals surface area (Å²) in [6, 6.07) is 1.93. The number of nitrogens with zero attached hydrogens (tertiary/aromatic N) is 2. The van der Waals surface area contributed by atoms with E-state index in [-0.39, 0.29) is 5.97 Å². The molecule has 108 valence electrons. The van der Waals surface area contributed by atoms with Crippen molar-refractivity contribution < 1.29 is 9.53 Å². The number of aryl methyl sites for hydroxylation is 1. The molecule has 0 radical (unpaired) electrons. The first kappa shape index (κ1) is 14.9. The zero-order valence-electron chi connectivity index (χ0n) is 11.6. The van der Waals surface area contributed by atoms with Gasteiger partial charge in [0.15, 0.2) is 0 Å². The first-order valence-corrected chi connectivity index (χ1v) is 7.40. The molecule has 2 aromatic rings. The lowest BCUT2D eigenvalue weighted by Gasteiger charge is -2.04. The Labute approximate surface area is 126 Å². The summed E-state index contributed by atoms with van der Waals surface area (Å²) in [5.74, 6) is 0.557. The first-order valence-electron chi connectivity index (χ1n) is 6.20. The van der Waals surface area contributed by atoms with Crippen molar-refractivity contribution in [3.05, 3.63) is 33.7 Å². The van der Waals surface area contributed by atoms with Crippen molar-refractivity contribution >= 4 is 33.9 Å². The Morgan fingerprint density at radius 2 is 2.35 bits per heavy atom. The van der Waals surface area contributed by atoms with Gasteiger partial charge in [-0.05, 0) is 25.5 Å². The fraction of sp³-hybridized carbons (Fsp3) is 0.385. The molecule has 0 saturated carbocycles. The number of rotatable bonds is 5. The molecule has 0 spiro atoms. The number of anilines is 1. The number of carbonyl (C=O) groups is 1. The molecule has 0 aliphatic carbocycles. The molecule has 0 aliphatic heterocycles. The molecule has 5 nitrogen and oxygen atoms in total. The first-order chi connectivity index (χ1) is 9.52. The second-order valence-corrected chi connectivity index (χ2v) is 5.69. The molecule has 0 bridgehead atoms. The van der Waals surface area contributed by atoms with E-state index in [1.165, 1.54) is 11.3 Å². The highest BCUT2D eigenvalue weighted by molar-refractivity contribution is 7.18. The summed E-state index contributed by atoms with van der Waals surface area (Å²) < 4.78 is 6.82. The number of imidazole rings is 1. The predicted octanol–water partition coefficient (Wildman–Crippen LogP) is 3.23. The van der Waals surface area contributed by atoms with Crippen molar-refractivity contribution in [2.75, 3.05) is 11.9 Å². The third-order valence-electron chi connectivity index (χ3n) is 2.83. The van der Waals surface area contributed by atoms with Crippen LogP contribution in [0.2, 0.25) is 5.15 Å². The molecular formula is C13H16ClN3O2S. The van der Waals surface area contributed by atoms with Gasteiger partial charge in [0.25, 0.3) is 0 Å². The number of halogens is 1. The van der Waals surface area contributed by atoms with Gasteiger partial charge in [-0.1, -0.05) is 11.6 Å². The normalized spacial score (nSPS) is 10.6. The lowest BCUT2D eigenvalue weighted by atomic mass is 10.3. The summed E-state index contributed by atoms with van der Waals surface area (Å²) in [4.78, 5) is 16.6. The maximum absolute atomic E-state index is 11.7. The summed E-state index contributed by atoms with van der Waals surface area (Å²) in [5.41, 5.74) is 0.911. The second kappa shape index (κ2) is 6.28. The molecule has 0 unspecified atom stereocenters. The van der Waals surface area contributed by atoms with Crippen LogP contribution in [-0.2, 0) is 18.3 Å². The van der Waals surface area contributed by atoms with Crippen molar-refractivity contribution in [1.29, 1.82) is 0 Å². The van der Waals surface area contributed by atoms with Gasteiger partial charge in [0.05, 0.1) is 24.3 Å². The highest BCUT2D eigenvalue weighted by Gasteiger charge is 2.15. The molecule has 2 aromatic heterocycles. The minimum atomic E-state index is -0.275. The largest absolute Gasteiger partial charge is 0.462 e. The van der Waals surface area contributed by atoms with Gasteiger partial charge in [0.1, 0.15) is 15.9 Å². The van der Waals surface area contributed by atoms with Crippen LogP contribution in [0.1, 0.15) is 28.0 Å². The summed E-state index contributed by atoms with van der Waals surface area (Å²) in [6.07, 6.45) is 1.61.